The largest absolute Gasteiger partial charge is 0.310 e. The molecule has 5 rings (SSSR count). The minimum Gasteiger partial charge on any atom is -0.310 e. The molecule has 2 aromatic carbocycles. The first-order valence-electron chi connectivity index (χ1n) is 10.6. The van der Waals surface area contributed by atoms with E-state index >= 15 is 0 Å². The molecule has 32 heavy (non-hydrogen) atoms. The third-order valence-corrected chi connectivity index (χ3v) is 6.12. The molecule has 1 amide bonds. The van der Waals surface area contributed by atoms with Gasteiger partial charge in [-0.25, -0.2) is 4.98 Å². The Kier molecular flexibility index (Phi) is 4.81. The van der Waals surface area contributed by atoms with Crippen molar-refractivity contribution in [3.8, 4) is 17.2 Å². The fourth-order valence-corrected chi connectivity index (χ4v) is 4.21. The third-order valence-electron chi connectivity index (χ3n) is 6.12. The van der Waals surface area contributed by atoms with Gasteiger partial charge in [-0.3, -0.25) is 4.79 Å². The van der Waals surface area contributed by atoms with E-state index in [9.17, 15) is 4.79 Å². The van der Waals surface area contributed by atoms with E-state index in [0.717, 1.165) is 22.4 Å². The number of carbonyl (C=O) groups excluding carboxylic acids is 1. The number of anilines is 1. The lowest BCUT2D eigenvalue weighted by atomic mass is 9.84. The van der Waals surface area contributed by atoms with Crippen molar-refractivity contribution in [2.24, 2.45) is 0 Å². The van der Waals surface area contributed by atoms with Crippen LogP contribution in [0, 0.1) is 27.7 Å². The molecular formula is C25H24N6O. The van der Waals surface area contributed by atoms with Gasteiger partial charge in [0, 0.05) is 23.5 Å². The second-order valence-electron chi connectivity index (χ2n) is 8.42. The first-order chi connectivity index (χ1) is 15.4. The number of amides is 1. The Labute approximate surface area is 186 Å². The summed E-state index contributed by atoms with van der Waals surface area (Å²) in [5.41, 5.74) is 8.20. The number of rotatable bonds is 3. The van der Waals surface area contributed by atoms with Crippen molar-refractivity contribution in [1.29, 1.82) is 0 Å². The van der Waals surface area contributed by atoms with Crippen LogP contribution in [-0.4, -0.2) is 30.9 Å². The molecule has 1 atom stereocenters. The van der Waals surface area contributed by atoms with Crippen molar-refractivity contribution >= 4 is 11.7 Å². The van der Waals surface area contributed by atoms with Crippen LogP contribution in [0.1, 0.15) is 45.8 Å². The summed E-state index contributed by atoms with van der Waals surface area (Å²) in [5.74, 6) is 0.822. The molecule has 1 N–H and O–H groups in total. The smallest absolute Gasteiger partial charge is 0.272 e. The highest BCUT2D eigenvalue weighted by Crippen LogP contribution is 2.40. The Morgan fingerprint density at radius 3 is 2.53 bits per heavy atom. The highest BCUT2D eigenvalue weighted by Gasteiger charge is 2.33. The van der Waals surface area contributed by atoms with Gasteiger partial charge in [0.2, 0.25) is 5.91 Å². The summed E-state index contributed by atoms with van der Waals surface area (Å²) >= 11 is 0. The molecular weight excluding hydrogens is 400 g/mol. The first-order valence-corrected chi connectivity index (χ1v) is 10.6. The molecule has 4 aromatic rings. The molecule has 2 aromatic heterocycles. The number of fused-ring (bicyclic) bond motifs is 1. The molecule has 1 unspecified atom stereocenters. The van der Waals surface area contributed by atoms with E-state index in [2.05, 4.69) is 52.5 Å². The van der Waals surface area contributed by atoms with Gasteiger partial charge in [0.25, 0.3) is 5.95 Å². The van der Waals surface area contributed by atoms with Gasteiger partial charge in [-0.1, -0.05) is 48.0 Å². The van der Waals surface area contributed by atoms with Crippen molar-refractivity contribution in [1.82, 2.24) is 25.0 Å². The van der Waals surface area contributed by atoms with Crippen LogP contribution >= 0.6 is 0 Å². The summed E-state index contributed by atoms with van der Waals surface area (Å²) in [6.07, 6.45) is 2.01. The van der Waals surface area contributed by atoms with Gasteiger partial charge < -0.3 is 5.32 Å². The van der Waals surface area contributed by atoms with Crippen LogP contribution in [0.15, 0.2) is 48.7 Å². The molecule has 7 nitrogen and oxygen atoms in total. The Hall–Kier alpha value is -3.87. The molecule has 7 heteroatoms. The van der Waals surface area contributed by atoms with Crippen molar-refractivity contribution < 1.29 is 4.79 Å². The standard InChI is InChI=1S/C25H24N6O/c1-14-5-8-18(9-6-14)21-13-26-29-25(27-21)31-24-23(17(4)30-31)20(12-22(32)28-24)19-10-7-15(2)16(3)11-19/h5-11,13,20H,12H2,1-4H3,(H,28,32). The van der Waals surface area contributed by atoms with Gasteiger partial charge >= 0.3 is 0 Å². The number of aryl methyl sites for hydroxylation is 4. The molecule has 1 aliphatic rings. The molecule has 0 radical (unpaired) electrons. The van der Waals surface area contributed by atoms with Crippen LogP contribution in [0.2, 0.25) is 0 Å². The third kappa shape index (κ3) is 3.45. The number of aromatic nitrogens is 5. The summed E-state index contributed by atoms with van der Waals surface area (Å²) < 4.78 is 1.60. The Morgan fingerprint density at radius 2 is 1.78 bits per heavy atom. The average Bonchev–Trinajstić information content (AvgIpc) is 3.12. The average molecular weight is 425 g/mol. The van der Waals surface area contributed by atoms with Crippen LogP contribution < -0.4 is 5.32 Å². The predicted molar refractivity (Wildman–Crippen MR) is 123 cm³/mol. The topological polar surface area (TPSA) is 85.6 Å². The van der Waals surface area contributed by atoms with Crippen LogP contribution in [0.25, 0.3) is 17.2 Å². The molecule has 3 heterocycles. The first kappa shape index (κ1) is 20.1. The van der Waals surface area contributed by atoms with Gasteiger partial charge in [0.1, 0.15) is 5.82 Å². The SMILES string of the molecule is Cc1ccc(-c2cnnc(-n3nc(C)c4c3NC(=O)CC4c3ccc(C)c(C)c3)n2)cc1. The summed E-state index contributed by atoms with van der Waals surface area (Å²) in [6.45, 7) is 8.18. The summed E-state index contributed by atoms with van der Waals surface area (Å²) in [4.78, 5) is 17.4. The molecule has 0 fully saturated rings. The molecule has 0 bridgehead atoms. The lowest BCUT2D eigenvalue weighted by Crippen LogP contribution is -2.25. The van der Waals surface area contributed by atoms with Crippen LogP contribution in [0.5, 0.6) is 0 Å². The van der Waals surface area contributed by atoms with Crippen molar-refractivity contribution in [2.75, 3.05) is 5.32 Å². The normalized spacial score (nSPS) is 15.4. The van der Waals surface area contributed by atoms with E-state index in [0.29, 0.717) is 23.9 Å². The number of hydrogen-bond acceptors (Lipinski definition) is 5. The Morgan fingerprint density at radius 1 is 1.00 bits per heavy atom. The summed E-state index contributed by atoms with van der Waals surface area (Å²) in [6, 6.07) is 14.4. The Balaban J connectivity index is 1.61. The lowest BCUT2D eigenvalue weighted by Gasteiger charge is -2.24. The van der Waals surface area contributed by atoms with Gasteiger partial charge in [-0.15, -0.1) is 5.10 Å². The van der Waals surface area contributed by atoms with E-state index < -0.39 is 0 Å². The fourth-order valence-electron chi connectivity index (χ4n) is 4.21. The second-order valence-corrected chi connectivity index (χ2v) is 8.42. The Bertz CT molecular complexity index is 1340. The van der Waals surface area contributed by atoms with Crippen molar-refractivity contribution in [3.63, 3.8) is 0 Å². The number of benzene rings is 2. The summed E-state index contributed by atoms with van der Waals surface area (Å²) in [7, 11) is 0. The maximum absolute atomic E-state index is 12.7. The molecule has 160 valence electrons. The zero-order chi connectivity index (χ0) is 22.4. The minimum absolute atomic E-state index is 0.0514. The van der Waals surface area contributed by atoms with Gasteiger partial charge in [-0.2, -0.15) is 14.9 Å². The van der Waals surface area contributed by atoms with E-state index in [1.807, 2.05) is 38.1 Å². The van der Waals surface area contributed by atoms with Crippen molar-refractivity contribution in [3.05, 3.63) is 82.2 Å². The predicted octanol–water partition coefficient (Wildman–Crippen LogP) is 4.43. The second kappa shape index (κ2) is 7.67. The van der Waals surface area contributed by atoms with Crippen LogP contribution in [-0.2, 0) is 4.79 Å². The van der Waals surface area contributed by atoms with E-state index in [1.165, 1.54) is 16.7 Å². The van der Waals surface area contributed by atoms with Gasteiger partial charge in [-0.05, 0) is 44.4 Å². The van der Waals surface area contributed by atoms with E-state index in [1.54, 1.807) is 10.9 Å². The number of nitrogens with one attached hydrogen (secondary N) is 1. The monoisotopic (exact) mass is 424 g/mol. The molecule has 0 aliphatic carbocycles. The van der Waals surface area contributed by atoms with Gasteiger partial charge in [0.05, 0.1) is 17.6 Å². The zero-order valence-corrected chi connectivity index (χ0v) is 18.5. The highest BCUT2D eigenvalue weighted by molar-refractivity contribution is 5.95. The lowest BCUT2D eigenvalue weighted by molar-refractivity contribution is -0.116. The van der Waals surface area contributed by atoms with Gasteiger partial charge in [0.15, 0.2) is 0 Å². The molecule has 0 saturated heterocycles. The quantitative estimate of drug-likeness (QED) is 0.526. The minimum atomic E-state index is -0.0694. The maximum atomic E-state index is 12.7. The van der Waals surface area contributed by atoms with E-state index in [-0.39, 0.29) is 11.8 Å². The molecule has 0 saturated carbocycles. The van der Waals surface area contributed by atoms with Crippen LogP contribution in [0.3, 0.4) is 0 Å². The zero-order valence-electron chi connectivity index (χ0n) is 18.5. The summed E-state index contributed by atoms with van der Waals surface area (Å²) in [5, 5.41) is 16.1. The van der Waals surface area contributed by atoms with E-state index in [4.69, 9.17) is 5.10 Å². The van der Waals surface area contributed by atoms with Crippen LogP contribution in [0.4, 0.5) is 5.82 Å². The molecule has 0 spiro atoms. The van der Waals surface area contributed by atoms with Crippen molar-refractivity contribution in [2.45, 2.75) is 40.0 Å². The fraction of sp³-hybridized carbons (Fsp3) is 0.240. The number of nitrogens with zero attached hydrogens (tertiary/aromatic N) is 5. The number of carbonyl (C=O) groups is 1. The molecule has 1 aliphatic heterocycles. The highest BCUT2D eigenvalue weighted by atomic mass is 16.1. The number of hydrogen-bond donors (Lipinski definition) is 1. The maximum Gasteiger partial charge on any atom is 0.272 e.